The predicted octanol–water partition coefficient (Wildman–Crippen LogP) is 4.79. The fourth-order valence-corrected chi connectivity index (χ4v) is 6.05. The Bertz CT molecular complexity index is 1160. The lowest BCUT2D eigenvalue weighted by molar-refractivity contribution is -0.140. The summed E-state index contributed by atoms with van der Waals surface area (Å²) < 4.78 is 10.9. The first-order chi connectivity index (χ1) is 16.5. The molecule has 2 aliphatic heterocycles. The highest BCUT2D eigenvalue weighted by Gasteiger charge is 2.62. The highest BCUT2D eigenvalue weighted by Crippen LogP contribution is 2.55. The van der Waals surface area contributed by atoms with Crippen LogP contribution in [0.4, 0.5) is 4.79 Å². The number of ether oxygens (including phenoxy) is 2. The van der Waals surface area contributed by atoms with E-state index in [2.05, 4.69) is 9.69 Å². The maximum atomic E-state index is 13.2. The van der Waals surface area contributed by atoms with Crippen LogP contribution in [0.5, 0.6) is 0 Å². The second kappa shape index (κ2) is 8.68. The molecule has 184 valence electrons. The van der Waals surface area contributed by atoms with Gasteiger partial charge in [-0.2, -0.15) is 0 Å². The highest BCUT2D eigenvalue weighted by atomic mass is 16.6. The molecule has 1 amide bonds. The van der Waals surface area contributed by atoms with E-state index in [9.17, 15) is 14.4 Å². The van der Waals surface area contributed by atoms with Crippen LogP contribution in [0.3, 0.4) is 0 Å². The molecule has 2 heterocycles. The molecule has 2 unspecified atom stereocenters. The van der Waals surface area contributed by atoms with Crippen molar-refractivity contribution in [2.45, 2.75) is 90.1 Å². The number of hydrogen-bond acceptors (Lipinski definition) is 5. The molecule has 8 nitrogen and oxygen atoms in total. The molecule has 0 spiro atoms. The van der Waals surface area contributed by atoms with Crippen LogP contribution in [-0.2, 0) is 19.1 Å². The number of allylic oxidation sites excluding steroid dienone is 1. The molecule has 0 aromatic heterocycles. The zero-order chi connectivity index (χ0) is 25.7. The zero-order valence-corrected chi connectivity index (χ0v) is 20.9. The van der Waals surface area contributed by atoms with Gasteiger partial charge < -0.3 is 9.47 Å². The number of rotatable bonds is 3. The Morgan fingerprint density at radius 1 is 1.20 bits per heavy atom. The molecule has 4 aliphatic rings. The van der Waals surface area contributed by atoms with Crippen molar-refractivity contribution in [3.05, 3.63) is 56.8 Å². The molecule has 0 aromatic carbocycles. The summed E-state index contributed by atoms with van der Waals surface area (Å²) in [6.07, 6.45) is 3.87. The van der Waals surface area contributed by atoms with Crippen molar-refractivity contribution in [3.8, 4) is 0 Å². The van der Waals surface area contributed by atoms with Gasteiger partial charge in [0, 0.05) is 30.9 Å². The smallest absolute Gasteiger partial charge is 0.461 e. The molecule has 1 saturated heterocycles. The Hall–Kier alpha value is -3.39. The Balaban J connectivity index is 1.90. The van der Waals surface area contributed by atoms with E-state index in [0.717, 1.165) is 29.6 Å². The first kappa shape index (κ1) is 24.7. The van der Waals surface area contributed by atoms with Crippen molar-refractivity contribution in [1.82, 2.24) is 4.90 Å². The van der Waals surface area contributed by atoms with Crippen LogP contribution in [-0.4, -0.2) is 52.7 Å². The number of Topliss-reactive ketones (excluding diaryl/α,β-unsaturated/α-hetero) is 1. The maximum absolute atomic E-state index is 13.2. The summed E-state index contributed by atoms with van der Waals surface area (Å²) in [5.74, 6) is -0.957. The van der Waals surface area contributed by atoms with E-state index in [-0.39, 0.29) is 43.2 Å². The molecule has 0 aromatic rings. The Morgan fingerprint density at radius 2 is 1.89 bits per heavy atom. The minimum atomic E-state index is -1.50. The monoisotopic (exact) mass is 477 g/mol. The van der Waals surface area contributed by atoms with Crippen LogP contribution < -0.4 is 0 Å². The number of amides is 1. The van der Waals surface area contributed by atoms with Gasteiger partial charge in [0.15, 0.2) is 5.78 Å². The van der Waals surface area contributed by atoms with Crippen molar-refractivity contribution in [2.24, 2.45) is 5.92 Å². The first-order valence-electron chi connectivity index (χ1n) is 12.1. The summed E-state index contributed by atoms with van der Waals surface area (Å²) in [7, 11) is 0. The van der Waals surface area contributed by atoms with Crippen molar-refractivity contribution < 1.29 is 23.9 Å². The van der Waals surface area contributed by atoms with Gasteiger partial charge in [-0.1, -0.05) is 12.5 Å². The van der Waals surface area contributed by atoms with Gasteiger partial charge in [0.2, 0.25) is 0 Å². The van der Waals surface area contributed by atoms with E-state index in [0.29, 0.717) is 17.6 Å². The SMILES string of the molecule is [C-]#[N+]C1([N+]#[C-])CC2=C(COC(C)=O)C(=O)CC2=C(CC)[C@@H]2C1=CC1CCC2N1C(=O)OC(C)(C)C. The maximum Gasteiger partial charge on any atom is 0.510 e. The van der Waals surface area contributed by atoms with Gasteiger partial charge in [0.1, 0.15) is 24.2 Å². The highest BCUT2D eigenvalue weighted by molar-refractivity contribution is 6.03. The summed E-state index contributed by atoms with van der Waals surface area (Å²) in [5, 5.41) is 0. The molecule has 2 bridgehead atoms. The van der Waals surface area contributed by atoms with E-state index in [1.165, 1.54) is 6.92 Å². The van der Waals surface area contributed by atoms with Crippen LogP contribution in [0.1, 0.15) is 66.7 Å². The van der Waals surface area contributed by atoms with Crippen molar-refractivity contribution in [2.75, 3.05) is 6.61 Å². The lowest BCUT2D eigenvalue weighted by Gasteiger charge is -2.40. The van der Waals surface area contributed by atoms with Crippen LogP contribution in [0.25, 0.3) is 9.69 Å². The molecule has 3 atom stereocenters. The quantitative estimate of drug-likeness (QED) is 0.332. The summed E-state index contributed by atoms with van der Waals surface area (Å²) >= 11 is 0. The topological polar surface area (TPSA) is 81.6 Å². The van der Waals surface area contributed by atoms with Gasteiger partial charge >= 0.3 is 17.7 Å². The number of ketones is 1. The van der Waals surface area contributed by atoms with Crippen LogP contribution in [0.15, 0.2) is 33.9 Å². The molecular formula is C27H31N3O5. The molecule has 2 aliphatic carbocycles. The van der Waals surface area contributed by atoms with E-state index in [1.807, 2.05) is 33.8 Å². The average molecular weight is 478 g/mol. The number of carbonyl (C=O) groups excluding carboxylic acids is 3. The summed E-state index contributed by atoms with van der Waals surface area (Å²) in [6.45, 7) is 24.8. The molecule has 1 fully saturated rings. The van der Waals surface area contributed by atoms with Gasteiger partial charge in [0.25, 0.3) is 0 Å². The first-order valence-corrected chi connectivity index (χ1v) is 12.1. The predicted molar refractivity (Wildman–Crippen MR) is 128 cm³/mol. The third-order valence-electron chi connectivity index (χ3n) is 7.39. The van der Waals surface area contributed by atoms with Crippen LogP contribution in [0.2, 0.25) is 0 Å². The summed E-state index contributed by atoms with van der Waals surface area (Å²) in [5.41, 5.74) is 1.47. The van der Waals surface area contributed by atoms with Gasteiger partial charge in [-0.05, 0) is 57.3 Å². The van der Waals surface area contributed by atoms with Gasteiger partial charge in [0.05, 0.1) is 6.04 Å². The molecule has 4 rings (SSSR count). The zero-order valence-electron chi connectivity index (χ0n) is 20.9. The normalized spacial score (nSPS) is 26.8. The number of nitrogens with zero attached hydrogens (tertiary/aromatic N) is 3. The standard InChI is InChI=1S/C27H31N3O5/c1-8-17-18-12-23(32)20(14-34-15(2)31)19(18)13-27(28-6,29-7)21-11-16-9-10-22(24(17)21)30(16)25(33)35-26(3,4)5/h11,16,22,24H,8-10,12-14H2,1-5H3/t16?,22?,24-/m1/s1. The minimum Gasteiger partial charge on any atom is -0.461 e. The second-order valence-corrected chi connectivity index (χ2v) is 10.6. The van der Waals surface area contributed by atoms with Crippen molar-refractivity contribution >= 4 is 17.8 Å². The molecule has 0 N–H and O–H groups in total. The van der Waals surface area contributed by atoms with Crippen molar-refractivity contribution in [3.63, 3.8) is 0 Å². The third kappa shape index (κ3) is 4.05. The Labute approximate surface area is 206 Å². The van der Waals surface area contributed by atoms with Gasteiger partial charge in [-0.15, -0.1) is 0 Å². The van der Waals surface area contributed by atoms with E-state index < -0.39 is 23.3 Å². The number of hydrogen-bond donors (Lipinski definition) is 0. The number of esters is 1. The second-order valence-electron chi connectivity index (χ2n) is 10.6. The fraction of sp³-hybridized carbons (Fsp3) is 0.593. The minimum absolute atomic E-state index is 0.0788. The van der Waals surface area contributed by atoms with E-state index in [4.69, 9.17) is 22.6 Å². The Kier molecular flexibility index (Phi) is 6.13. The molecule has 0 radical (unpaired) electrons. The van der Waals surface area contributed by atoms with Gasteiger partial charge in [-0.3, -0.25) is 14.5 Å². The lowest BCUT2D eigenvalue weighted by atomic mass is 9.75. The molecular weight excluding hydrogens is 446 g/mol. The number of carbonyl (C=O) groups is 3. The van der Waals surface area contributed by atoms with Crippen LogP contribution in [0, 0.1) is 19.1 Å². The molecule has 35 heavy (non-hydrogen) atoms. The van der Waals surface area contributed by atoms with Crippen LogP contribution >= 0.6 is 0 Å². The summed E-state index contributed by atoms with van der Waals surface area (Å²) in [4.78, 5) is 47.2. The largest absolute Gasteiger partial charge is 0.510 e. The fourth-order valence-electron chi connectivity index (χ4n) is 6.05. The Morgan fingerprint density at radius 3 is 2.46 bits per heavy atom. The average Bonchev–Trinajstić information content (AvgIpc) is 3.22. The lowest BCUT2D eigenvalue weighted by Crippen LogP contribution is -2.51. The van der Waals surface area contributed by atoms with Gasteiger partial charge in [-0.25, -0.2) is 27.6 Å². The molecule has 0 saturated carbocycles. The molecule has 8 heteroatoms. The number of fused-ring (bicyclic) bond motifs is 5. The third-order valence-corrected chi connectivity index (χ3v) is 7.39. The van der Waals surface area contributed by atoms with E-state index in [1.54, 1.807) is 4.90 Å². The van der Waals surface area contributed by atoms with Crippen molar-refractivity contribution in [1.29, 1.82) is 0 Å². The van der Waals surface area contributed by atoms with E-state index >= 15 is 0 Å². The summed E-state index contributed by atoms with van der Waals surface area (Å²) in [6, 6.07) is -0.478.